The Morgan fingerprint density at radius 1 is 1.52 bits per heavy atom. The van der Waals surface area contributed by atoms with E-state index in [4.69, 9.17) is 11.6 Å². The first-order valence-corrected chi connectivity index (χ1v) is 7.42. The molecule has 0 spiro atoms. The molecule has 0 aromatic carbocycles. The Morgan fingerprint density at radius 2 is 2.26 bits per heavy atom. The molecule has 9 nitrogen and oxygen atoms in total. The second-order valence-electron chi connectivity index (χ2n) is 4.96. The lowest BCUT2D eigenvalue weighted by molar-refractivity contribution is -0.389. The van der Waals surface area contributed by atoms with Gasteiger partial charge in [-0.25, -0.2) is 0 Å². The highest BCUT2D eigenvalue weighted by molar-refractivity contribution is 6.32. The van der Waals surface area contributed by atoms with E-state index in [1.807, 2.05) is 17.7 Å². The number of amides is 1. The van der Waals surface area contributed by atoms with Crippen molar-refractivity contribution in [2.45, 2.75) is 33.0 Å². The molecule has 124 valence electrons. The molecule has 2 rings (SSSR count). The summed E-state index contributed by atoms with van der Waals surface area (Å²) in [5.41, 5.74) is 0.945. The van der Waals surface area contributed by atoms with Gasteiger partial charge in [0.05, 0.1) is 30.1 Å². The molecule has 0 aliphatic carbocycles. The predicted octanol–water partition coefficient (Wildman–Crippen LogP) is 1.71. The molecule has 0 N–H and O–H groups in total. The van der Waals surface area contributed by atoms with E-state index in [9.17, 15) is 14.9 Å². The number of aromatic nitrogens is 4. The minimum absolute atomic E-state index is 0.0392. The molecular formula is C13H17ClN6O3. The van der Waals surface area contributed by atoms with Gasteiger partial charge in [0.15, 0.2) is 5.02 Å². The van der Waals surface area contributed by atoms with Crippen molar-refractivity contribution in [2.75, 3.05) is 7.05 Å². The molecule has 1 amide bonds. The second-order valence-corrected chi connectivity index (χ2v) is 5.37. The van der Waals surface area contributed by atoms with Gasteiger partial charge in [-0.3, -0.25) is 9.48 Å². The first-order valence-electron chi connectivity index (χ1n) is 7.04. The summed E-state index contributed by atoms with van der Waals surface area (Å²) in [7, 11) is 1.70. The van der Waals surface area contributed by atoms with Gasteiger partial charge in [-0.2, -0.15) is 9.78 Å². The first-order chi connectivity index (χ1) is 10.9. The minimum Gasteiger partial charge on any atom is -0.358 e. The fourth-order valence-corrected chi connectivity index (χ4v) is 2.36. The van der Waals surface area contributed by atoms with Crippen LogP contribution in [0.5, 0.6) is 0 Å². The molecule has 0 saturated carbocycles. The van der Waals surface area contributed by atoms with Gasteiger partial charge in [-0.1, -0.05) is 11.6 Å². The van der Waals surface area contributed by atoms with Crippen LogP contribution in [0, 0.1) is 10.1 Å². The summed E-state index contributed by atoms with van der Waals surface area (Å²) in [5, 5.41) is 18.5. The number of hydrogen-bond donors (Lipinski definition) is 0. The summed E-state index contributed by atoms with van der Waals surface area (Å²) in [4.78, 5) is 23.8. The van der Waals surface area contributed by atoms with E-state index >= 15 is 0 Å². The number of aryl methyl sites for hydroxylation is 2. The minimum atomic E-state index is -0.654. The van der Waals surface area contributed by atoms with Crippen molar-refractivity contribution in [3.63, 3.8) is 0 Å². The fourth-order valence-electron chi connectivity index (χ4n) is 2.14. The van der Waals surface area contributed by atoms with Crippen LogP contribution in [0.4, 0.5) is 5.82 Å². The molecule has 0 radical (unpaired) electrons. The largest absolute Gasteiger partial charge is 0.408 e. The zero-order valence-electron chi connectivity index (χ0n) is 12.8. The van der Waals surface area contributed by atoms with Gasteiger partial charge >= 0.3 is 5.82 Å². The van der Waals surface area contributed by atoms with Crippen LogP contribution in [0.2, 0.25) is 5.02 Å². The number of halogens is 1. The monoisotopic (exact) mass is 340 g/mol. The van der Waals surface area contributed by atoms with E-state index in [2.05, 4.69) is 10.2 Å². The second kappa shape index (κ2) is 7.23. The van der Waals surface area contributed by atoms with Gasteiger partial charge in [0, 0.05) is 26.2 Å². The zero-order valence-corrected chi connectivity index (χ0v) is 13.6. The summed E-state index contributed by atoms with van der Waals surface area (Å²) < 4.78 is 3.13. The number of carbonyl (C=O) groups excluding carboxylic acids is 1. The topological polar surface area (TPSA) is 99.1 Å². The summed E-state index contributed by atoms with van der Waals surface area (Å²) in [6, 6.07) is 1.86. The fraction of sp³-hybridized carbons (Fsp3) is 0.462. The number of nitro groups is 1. The lowest BCUT2D eigenvalue weighted by Gasteiger charge is -2.17. The molecule has 23 heavy (non-hydrogen) atoms. The maximum Gasteiger partial charge on any atom is 0.408 e. The third-order valence-corrected chi connectivity index (χ3v) is 3.62. The van der Waals surface area contributed by atoms with E-state index in [1.165, 1.54) is 10.9 Å². The molecule has 2 heterocycles. The smallest absolute Gasteiger partial charge is 0.358 e. The molecule has 2 aromatic heterocycles. The highest BCUT2D eigenvalue weighted by Crippen LogP contribution is 2.21. The van der Waals surface area contributed by atoms with Crippen molar-refractivity contribution in [3.05, 3.63) is 39.3 Å². The SMILES string of the molecule is CCn1nccc1CN(C)C(=O)CCn1cc(Cl)c([N+](=O)[O-])n1. The van der Waals surface area contributed by atoms with Crippen LogP contribution in [0.15, 0.2) is 18.5 Å². The Kier molecular flexibility index (Phi) is 5.32. The highest BCUT2D eigenvalue weighted by Gasteiger charge is 2.20. The molecule has 0 atom stereocenters. The Bertz CT molecular complexity index is 710. The molecule has 2 aromatic rings. The Hall–Kier alpha value is -2.42. The standard InChI is InChI=1S/C13H17ClN6O3/c1-3-19-10(4-6-15-19)8-17(2)12(21)5-7-18-9-11(14)13(16-18)20(22)23/h4,6,9H,3,5,7-8H2,1-2H3. The van der Waals surface area contributed by atoms with E-state index in [0.717, 1.165) is 12.2 Å². The Labute approximate surface area is 137 Å². The van der Waals surface area contributed by atoms with E-state index in [-0.39, 0.29) is 23.9 Å². The van der Waals surface area contributed by atoms with Gasteiger partial charge < -0.3 is 15.0 Å². The molecule has 0 unspecified atom stereocenters. The van der Waals surface area contributed by atoms with Crippen LogP contribution in [0.1, 0.15) is 19.0 Å². The lowest BCUT2D eigenvalue weighted by Crippen LogP contribution is -2.28. The number of nitrogens with zero attached hydrogens (tertiary/aromatic N) is 6. The molecule has 0 aliphatic rings. The van der Waals surface area contributed by atoms with Crippen LogP contribution in [-0.4, -0.2) is 42.3 Å². The first kappa shape index (κ1) is 16.9. The van der Waals surface area contributed by atoms with Crippen LogP contribution >= 0.6 is 11.6 Å². The van der Waals surface area contributed by atoms with Crippen molar-refractivity contribution in [1.82, 2.24) is 24.5 Å². The molecule has 0 saturated heterocycles. The van der Waals surface area contributed by atoms with E-state index in [0.29, 0.717) is 6.54 Å². The highest BCUT2D eigenvalue weighted by atomic mass is 35.5. The van der Waals surface area contributed by atoms with Crippen molar-refractivity contribution < 1.29 is 9.72 Å². The lowest BCUT2D eigenvalue weighted by atomic mass is 10.3. The molecule has 0 fully saturated rings. The van der Waals surface area contributed by atoms with Crippen LogP contribution in [-0.2, 0) is 24.4 Å². The van der Waals surface area contributed by atoms with Gasteiger partial charge in [0.1, 0.15) is 0 Å². The van der Waals surface area contributed by atoms with Crippen molar-refractivity contribution in [2.24, 2.45) is 0 Å². The molecule has 0 bridgehead atoms. The maximum absolute atomic E-state index is 12.2. The summed E-state index contributed by atoms with van der Waals surface area (Å²) in [6.07, 6.45) is 3.22. The van der Waals surface area contributed by atoms with Gasteiger partial charge in [0.25, 0.3) is 0 Å². The average molecular weight is 341 g/mol. The predicted molar refractivity (Wildman–Crippen MR) is 82.9 cm³/mol. The Balaban J connectivity index is 1.91. The third kappa shape index (κ3) is 4.07. The molecular weight excluding hydrogens is 324 g/mol. The summed E-state index contributed by atoms with van der Waals surface area (Å²) in [5.74, 6) is -0.498. The number of hydrogen-bond acceptors (Lipinski definition) is 5. The molecule has 0 aliphatic heterocycles. The average Bonchev–Trinajstić information content (AvgIpc) is 3.10. The number of carbonyl (C=O) groups is 1. The van der Waals surface area contributed by atoms with Gasteiger partial charge in [0.2, 0.25) is 5.91 Å². The van der Waals surface area contributed by atoms with E-state index in [1.54, 1.807) is 18.1 Å². The van der Waals surface area contributed by atoms with Crippen molar-refractivity contribution in [3.8, 4) is 0 Å². The third-order valence-electron chi connectivity index (χ3n) is 3.36. The quantitative estimate of drug-likeness (QED) is 0.564. The van der Waals surface area contributed by atoms with E-state index < -0.39 is 10.7 Å². The van der Waals surface area contributed by atoms with Crippen molar-refractivity contribution in [1.29, 1.82) is 0 Å². The molecule has 10 heteroatoms. The summed E-state index contributed by atoms with van der Waals surface area (Å²) in [6.45, 7) is 3.39. The van der Waals surface area contributed by atoms with Crippen molar-refractivity contribution >= 4 is 23.3 Å². The van der Waals surface area contributed by atoms with Crippen LogP contribution in [0.3, 0.4) is 0 Å². The zero-order chi connectivity index (χ0) is 17.0. The van der Waals surface area contributed by atoms with Gasteiger partial charge in [-0.15, -0.1) is 0 Å². The van der Waals surface area contributed by atoms with Crippen LogP contribution < -0.4 is 0 Å². The maximum atomic E-state index is 12.2. The Morgan fingerprint density at radius 3 is 2.87 bits per heavy atom. The number of rotatable bonds is 7. The summed E-state index contributed by atoms with van der Waals surface area (Å²) >= 11 is 5.72. The normalized spacial score (nSPS) is 10.7. The van der Waals surface area contributed by atoms with Gasteiger partial charge in [-0.05, 0) is 17.9 Å². The van der Waals surface area contributed by atoms with Crippen LogP contribution in [0.25, 0.3) is 0 Å².